The lowest BCUT2D eigenvalue weighted by atomic mass is 9.98. The molecule has 4 rings (SSSR count). The molecule has 0 radical (unpaired) electrons. The van der Waals surface area contributed by atoms with E-state index in [0.717, 1.165) is 6.08 Å². The van der Waals surface area contributed by atoms with Gasteiger partial charge in [-0.05, 0) is 54.8 Å². The summed E-state index contributed by atoms with van der Waals surface area (Å²) in [6.45, 7) is 0.890. The van der Waals surface area contributed by atoms with Gasteiger partial charge in [0.25, 0.3) is 0 Å². The van der Waals surface area contributed by atoms with E-state index in [-0.39, 0.29) is 30.3 Å². The number of phenolic OH excluding ortho intramolecular Hbond substituents is 4. The fourth-order valence-corrected chi connectivity index (χ4v) is 4.66. The number of hydrogen-bond acceptors (Lipinski definition) is 15. The monoisotopic (exact) mass is 624 g/mol. The van der Waals surface area contributed by atoms with E-state index in [9.17, 15) is 50.8 Å². The molecule has 2 aromatic rings. The number of hydrogen-bond donors (Lipinski definition) is 9. The lowest BCUT2D eigenvalue weighted by molar-refractivity contribution is -0.328. The van der Waals surface area contributed by atoms with Crippen LogP contribution in [0.2, 0.25) is 0 Å². The van der Waals surface area contributed by atoms with Crippen LogP contribution < -0.4 is 0 Å². The normalized spacial score (nSPS) is 32.5. The fraction of sp³-hybridized carbons (Fsp3) is 0.483. The van der Waals surface area contributed by atoms with Gasteiger partial charge in [0, 0.05) is 6.08 Å². The number of esters is 1. The summed E-state index contributed by atoms with van der Waals surface area (Å²) in [4.78, 5) is 12.7. The van der Waals surface area contributed by atoms with Gasteiger partial charge < -0.3 is 69.6 Å². The van der Waals surface area contributed by atoms with Gasteiger partial charge in [0.05, 0.1) is 19.3 Å². The number of ether oxygens (including phenoxy) is 5. The standard InChI is InChI=1S/C29H36O15/c1-13-22(35)23(36)25(38)29(42-13)41-12-20-27(44-21(34)7-4-14-2-5-16(30)18(32)10-14)24(37)26(39)28(43-20)40-9-8-15-3-6-17(31)19(33)11-15/h2-7,10-11,13,20,22-33,35-39H,8-9,12H2,1H3/t13-,20+,22+,23-,24+,25+,26-,27-,28-,29+/m1/s1. The van der Waals surface area contributed by atoms with E-state index in [0.29, 0.717) is 11.1 Å². The van der Waals surface area contributed by atoms with Crippen LogP contribution >= 0.6 is 0 Å². The van der Waals surface area contributed by atoms with Gasteiger partial charge in [0.1, 0.15) is 36.6 Å². The summed E-state index contributed by atoms with van der Waals surface area (Å²) < 4.78 is 27.8. The topological polar surface area (TPSA) is 245 Å². The summed E-state index contributed by atoms with van der Waals surface area (Å²) in [6, 6.07) is 8.00. The molecule has 2 heterocycles. The third-order valence-electron chi connectivity index (χ3n) is 7.25. The first-order chi connectivity index (χ1) is 20.8. The summed E-state index contributed by atoms with van der Waals surface area (Å²) in [5.74, 6) is -2.37. The minimum Gasteiger partial charge on any atom is -0.504 e. The van der Waals surface area contributed by atoms with Crippen molar-refractivity contribution in [3.8, 4) is 23.0 Å². The van der Waals surface area contributed by atoms with Crippen LogP contribution in [0.4, 0.5) is 0 Å². The molecule has 2 aliphatic rings. The highest BCUT2D eigenvalue weighted by Gasteiger charge is 2.49. The molecule has 0 aliphatic carbocycles. The number of phenols is 4. The Morgan fingerprint density at radius 3 is 2.09 bits per heavy atom. The Morgan fingerprint density at radius 2 is 1.41 bits per heavy atom. The van der Waals surface area contributed by atoms with Crippen molar-refractivity contribution < 1.29 is 74.4 Å². The zero-order chi connectivity index (χ0) is 32.1. The summed E-state index contributed by atoms with van der Waals surface area (Å²) in [5, 5.41) is 90.3. The minimum atomic E-state index is -1.75. The van der Waals surface area contributed by atoms with Crippen LogP contribution in [0.15, 0.2) is 42.5 Å². The van der Waals surface area contributed by atoms with Crippen LogP contribution in [0, 0.1) is 0 Å². The van der Waals surface area contributed by atoms with E-state index in [4.69, 9.17) is 23.7 Å². The highest BCUT2D eigenvalue weighted by Crippen LogP contribution is 2.29. The molecule has 2 aliphatic heterocycles. The molecule has 0 unspecified atom stereocenters. The molecule has 242 valence electrons. The SMILES string of the molecule is C[C@H]1O[C@H](OC[C@@H]2O[C@@H](OCCc3ccc(O)c(O)c3)[C@H](O)[C@H](O)[C@@H]2OC(=O)C=Cc2ccc(O)c(O)c2)[C@@H](O)[C@H](O)[C@H]1O. The Bertz CT molecular complexity index is 1300. The molecule has 10 atom stereocenters. The van der Waals surface area contributed by atoms with E-state index in [1.54, 1.807) is 6.07 Å². The predicted octanol–water partition coefficient (Wildman–Crippen LogP) is -1.02. The van der Waals surface area contributed by atoms with Crippen LogP contribution in [-0.4, -0.2) is 127 Å². The molecule has 0 bridgehead atoms. The molecule has 15 heteroatoms. The van der Waals surface area contributed by atoms with Crippen LogP contribution in [0.1, 0.15) is 18.1 Å². The molecular formula is C29H36O15. The van der Waals surface area contributed by atoms with Gasteiger partial charge in [0.2, 0.25) is 0 Å². The summed E-state index contributed by atoms with van der Waals surface area (Å²) in [5.41, 5.74) is 0.927. The van der Waals surface area contributed by atoms with E-state index in [1.807, 2.05) is 0 Å². The van der Waals surface area contributed by atoms with Gasteiger partial charge in [-0.25, -0.2) is 4.79 Å². The number of carbonyl (C=O) groups excluding carboxylic acids is 1. The van der Waals surface area contributed by atoms with Crippen molar-refractivity contribution in [2.24, 2.45) is 0 Å². The number of benzene rings is 2. The van der Waals surface area contributed by atoms with Gasteiger partial charge in [0.15, 0.2) is 41.7 Å². The zero-order valence-corrected chi connectivity index (χ0v) is 23.5. The molecule has 2 fully saturated rings. The van der Waals surface area contributed by atoms with Crippen molar-refractivity contribution in [2.45, 2.75) is 74.8 Å². The highest BCUT2D eigenvalue weighted by atomic mass is 16.7. The molecule has 9 N–H and O–H groups in total. The summed E-state index contributed by atoms with van der Waals surface area (Å²) in [6.07, 6.45) is -12.2. The lowest BCUT2D eigenvalue weighted by Gasteiger charge is -2.43. The summed E-state index contributed by atoms with van der Waals surface area (Å²) >= 11 is 0. The van der Waals surface area contributed by atoms with Crippen LogP contribution in [-0.2, 0) is 34.9 Å². The molecule has 2 saturated heterocycles. The number of carbonyl (C=O) groups is 1. The second-order valence-electron chi connectivity index (χ2n) is 10.5. The number of aliphatic hydroxyl groups is 5. The Labute approximate surface area is 251 Å². The molecule has 15 nitrogen and oxygen atoms in total. The van der Waals surface area contributed by atoms with Gasteiger partial charge in [-0.15, -0.1) is 0 Å². The van der Waals surface area contributed by atoms with Crippen molar-refractivity contribution in [2.75, 3.05) is 13.2 Å². The van der Waals surface area contributed by atoms with Crippen LogP contribution in [0.3, 0.4) is 0 Å². The van der Waals surface area contributed by atoms with Crippen LogP contribution in [0.5, 0.6) is 23.0 Å². The maximum Gasteiger partial charge on any atom is 0.331 e. The van der Waals surface area contributed by atoms with Gasteiger partial charge >= 0.3 is 5.97 Å². The Morgan fingerprint density at radius 1 is 0.773 bits per heavy atom. The number of aliphatic hydroxyl groups excluding tert-OH is 5. The molecule has 0 amide bonds. The van der Waals surface area contributed by atoms with Gasteiger partial charge in [-0.3, -0.25) is 0 Å². The average Bonchev–Trinajstić information content (AvgIpc) is 2.99. The average molecular weight is 625 g/mol. The van der Waals surface area contributed by atoms with E-state index in [1.165, 1.54) is 43.3 Å². The molecular weight excluding hydrogens is 588 g/mol. The second-order valence-corrected chi connectivity index (χ2v) is 10.5. The maximum atomic E-state index is 12.7. The van der Waals surface area contributed by atoms with E-state index in [2.05, 4.69) is 0 Å². The number of rotatable bonds is 10. The first-order valence-corrected chi connectivity index (χ1v) is 13.7. The minimum absolute atomic E-state index is 0.0645. The van der Waals surface area contributed by atoms with Gasteiger partial charge in [-0.1, -0.05) is 12.1 Å². The maximum absolute atomic E-state index is 12.7. The molecule has 0 aromatic heterocycles. The van der Waals surface area contributed by atoms with Crippen molar-refractivity contribution in [3.05, 3.63) is 53.6 Å². The van der Waals surface area contributed by atoms with Crippen molar-refractivity contribution in [1.82, 2.24) is 0 Å². The van der Waals surface area contributed by atoms with E-state index < -0.39 is 79.7 Å². The Hall–Kier alpha value is -3.51. The first kappa shape index (κ1) is 33.4. The lowest BCUT2D eigenvalue weighted by Crippen LogP contribution is -2.62. The second kappa shape index (κ2) is 14.5. The van der Waals surface area contributed by atoms with Crippen molar-refractivity contribution >= 4 is 12.0 Å². The smallest absolute Gasteiger partial charge is 0.331 e. The molecule has 2 aromatic carbocycles. The third kappa shape index (κ3) is 7.95. The quantitative estimate of drug-likeness (QED) is 0.0873. The third-order valence-corrected chi connectivity index (χ3v) is 7.25. The van der Waals surface area contributed by atoms with Crippen molar-refractivity contribution in [1.29, 1.82) is 0 Å². The fourth-order valence-electron chi connectivity index (χ4n) is 4.66. The van der Waals surface area contributed by atoms with Gasteiger partial charge in [-0.2, -0.15) is 0 Å². The summed E-state index contributed by atoms with van der Waals surface area (Å²) in [7, 11) is 0. The largest absolute Gasteiger partial charge is 0.504 e. The van der Waals surface area contributed by atoms with Crippen molar-refractivity contribution in [3.63, 3.8) is 0 Å². The Balaban J connectivity index is 1.45. The van der Waals surface area contributed by atoms with E-state index >= 15 is 0 Å². The molecule has 0 saturated carbocycles. The number of aromatic hydroxyl groups is 4. The first-order valence-electron chi connectivity index (χ1n) is 13.7. The molecule has 44 heavy (non-hydrogen) atoms. The Kier molecular flexibility index (Phi) is 11.0. The van der Waals surface area contributed by atoms with Crippen LogP contribution in [0.25, 0.3) is 6.08 Å². The zero-order valence-electron chi connectivity index (χ0n) is 23.5. The molecule has 0 spiro atoms. The highest BCUT2D eigenvalue weighted by molar-refractivity contribution is 5.87. The predicted molar refractivity (Wildman–Crippen MR) is 147 cm³/mol.